The average Bonchev–Trinajstić information content (AvgIpc) is 3.16. The molecule has 1 aromatic carbocycles. The molecule has 154 valence electrons. The lowest BCUT2D eigenvalue weighted by Crippen LogP contribution is -2.30. The van der Waals surface area contributed by atoms with Crippen LogP contribution in [0.15, 0.2) is 42.7 Å². The molecule has 1 aliphatic heterocycles. The Balaban J connectivity index is 1.58. The molecule has 1 aliphatic rings. The first kappa shape index (κ1) is 19.8. The van der Waals surface area contributed by atoms with E-state index in [2.05, 4.69) is 20.2 Å². The maximum atomic E-state index is 12.9. The van der Waals surface area contributed by atoms with Crippen molar-refractivity contribution >= 4 is 39.5 Å². The third kappa shape index (κ3) is 4.11. The van der Waals surface area contributed by atoms with E-state index in [1.165, 1.54) is 17.8 Å². The summed E-state index contributed by atoms with van der Waals surface area (Å²) >= 11 is 1.19. The van der Waals surface area contributed by atoms with Gasteiger partial charge < -0.3 is 21.7 Å². The Hall–Kier alpha value is -3.46. The van der Waals surface area contributed by atoms with E-state index in [-0.39, 0.29) is 5.69 Å². The second-order valence-corrected chi connectivity index (χ2v) is 8.10. The first-order valence-corrected chi connectivity index (χ1v) is 10.5. The Bertz CT molecular complexity index is 1090. The van der Waals surface area contributed by atoms with Gasteiger partial charge in [-0.2, -0.15) is 0 Å². The summed E-state index contributed by atoms with van der Waals surface area (Å²) in [5.74, 6) is -0.923. The van der Waals surface area contributed by atoms with Crippen LogP contribution in [0.4, 0.5) is 16.4 Å². The molecule has 5 N–H and O–H groups in total. The van der Waals surface area contributed by atoms with E-state index >= 15 is 0 Å². The molecule has 0 saturated carbocycles. The Morgan fingerprint density at radius 2 is 1.93 bits per heavy atom. The minimum Gasteiger partial charge on any atom is -0.389 e. The van der Waals surface area contributed by atoms with Crippen LogP contribution in [0, 0.1) is 0 Å². The van der Waals surface area contributed by atoms with Gasteiger partial charge in [0.25, 0.3) is 5.91 Å². The number of carbonyl (C=O) groups excluding carboxylic acids is 2. The monoisotopic (exact) mass is 422 g/mol. The third-order valence-corrected chi connectivity index (χ3v) is 5.94. The maximum absolute atomic E-state index is 12.9. The highest BCUT2D eigenvalue weighted by Crippen LogP contribution is 2.32. The molecule has 30 heavy (non-hydrogen) atoms. The van der Waals surface area contributed by atoms with Gasteiger partial charge in [-0.15, -0.1) is 0 Å². The van der Waals surface area contributed by atoms with E-state index < -0.39 is 11.8 Å². The standard InChI is InChI=1S/C21H22N6O2S/c22-18(28)13-5-4-6-14(11-13)21-26-17(19(23)30-21)20(29)25-15-12-24-8-7-16(15)27-9-2-1-3-10-27/h4-8,11-12H,1-3,9-10,23H2,(H2,22,28)(H,25,29). The number of pyridine rings is 1. The lowest BCUT2D eigenvalue weighted by Gasteiger charge is -2.30. The first-order chi connectivity index (χ1) is 14.5. The van der Waals surface area contributed by atoms with Crippen LogP contribution in [0.1, 0.15) is 40.1 Å². The van der Waals surface area contributed by atoms with Gasteiger partial charge >= 0.3 is 0 Å². The van der Waals surface area contributed by atoms with Gasteiger partial charge in [0.15, 0.2) is 5.69 Å². The van der Waals surface area contributed by atoms with Gasteiger partial charge in [-0.3, -0.25) is 14.6 Å². The highest BCUT2D eigenvalue weighted by atomic mass is 32.1. The maximum Gasteiger partial charge on any atom is 0.277 e. The molecule has 0 unspecified atom stereocenters. The summed E-state index contributed by atoms with van der Waals surface area (Å²) in [5, 5.41) is 3.75. The van der Waals surface area contributed by atoms with Crippen molar-refractivity contribution in [1.82, 2.24) is 9.97 Å². The summed E-state index contributed by atoms with van der Waals surface area (Å²) in [4.78, 5) is 35.2. The van der Waals surface area contributed by atoms with Crippen molar-refractivity contribution in [3.63, 3.8) is 0 Å². The molecule has 9 heteroatoms. The van der Waals surface area contributed by atoms with Gasteiger partial charge in [-0.25, -0.2) is 4.98 Å². The second kappa shape index (κ2) is 8.50. The number of piperidine rings is 1. The molecule has 1 saturated heterocycles. The number of carbonyl (C=O) groups is 2. The molecule has 3 aromatic rings. The predicted molar refractivity (Wildman–Crippen MR) is 119 cm³/mol. The number of nitrogens with one attached hydrogen (secondary N) is 1. The number of primary amides is 1. The number of benzene rings is 1. The lowest BCUT2D eigenvalue weighted by atomic mass is 10.1. The van der Waals surface area contributed by atoms with Gasteiger partial charge in [0.1, 0.15) is 10.0 Å². The molecule has 2 aromatic heterocycles. The number of rotatable bonds is 5. The molecule has 0 spiro atoms. The molecule has 4 rings (SSSR count). The van der Waals surface area contributed by atoms with E-state index in [9.17, 15) is 9.59 Å². The number of nitrogen functional groups attached to an aromatic ring is 1. The van der Waals surface area contributed by atoms with E-state index in [0.717, 1.165) is 31.6 Å². The fourth-order valence-corrected chi connectivity index (χ4v) is 4.32. The Morgan fingerprint density at radius 3 is 2.70 bits per heavy atom. The van der Waals surface area contributed by atoms with Crippen LogP contribution in [0.3, 0.4) is 0 Å². The molecule has 1 fully saturated rings. The van der Waals surface area contributed by atoms with Gasteiger partial charge in [-0.1, -0.05) is 23.5 Å². The van der Waals surface area contributed by atoms with Crippen molar-refractivity contribution < 1.29 is 9.59 Å². The number of nitrogens with zero attached hydrogens (tertiary/aromatic N) is 3. The Kier molecular flexibility index (Phi) is 5.62. The normalized spacial score (nSPS) is 13.8. The third-order valence-electron chi connectivity index (χ3n) is 5.01. The molecule has 0 aliphatic carbocycles. The molecular weight excluding hydrogens is 400 g/mol. The van der Waals surface area contributed by atoms with Crippen LogP contribution in [-0.2, 0) is 0 Å². The molecule has 0 atom stereocenters. The van der Waals surface area contributed by atoms with E-state index in [1.54, 1.807) is 36.7 Å². The summed E-state index contributed by atoms with van der Waals surface area (Å²) in [7, 11) is 0. The van der Waals surface area contributed by atoms with Crippen molar-refractivity contribution in [1.29, 1.82) is 0 Å². The predicted octanol–water partition coefficient (Wildman–Crippen LogP) is 3.13. The smallest absolute Gasteiger partial charge is 0.277 e. The van der Waals surface area contributed by atoms with Crippen molar-refractivity contribution in [2.45, 2.75) is 19.3 Å². The van der Waals surface area contributed by atoms with Crippen LogP contribution in [0.2, 0.25) is 0 Å². The first-order valence-electron chi connectivity index (χ1n) is 9.70. The lowest BCUT2D eigenvalue weighted by molar-refractivity contribution is 0.0997. The van der Waals surface area contributed by atoms with Crippen LogP contribution in [0.5, 0.6) is 0 Å². The Morgan fingerprint density at radius 1 is 1.13 bits per heavy atom. The average molecular weight is 423 g/mol. The van der Waals surface area contributed by atoms with Gasteiger partial charge in [0, 0.05) is 30.4 Å². The van der Waals surface area contributed by atoms with Crippen molar-refractivity contribution in [2.24, 2.45) is 5.73 Å². The SMILES string of the molecule is NC(=O)c1cccc(-c2nc(C(=O)Nc3cnccc3N3CCCCC3)c(N)s2)c1. The molecule has 3 heterocycles. The Labute approximate surface area is 177 Å². The van der Waals surface area contributed by atoms with Crippen LogP contribution in [-0.4, -0.2) is 34.9 Å². The van der Waals surface area contributed by atoms with Gasteiger partial charge in [-0.05, 0) is 37.5 Å². The summed E-state index contributed by atoms with van der Waals surface area (Å²) in [6.07, 6.45) is 6.84. The highest BCUT2D eigenvalue weighted by molar-refractivity contribution is 7.19. The summed E-state index contributed by atoms with van der Waals surface area (Å²) < 4.78 is 0. The highest BCUT2D eigenvalue weighted by Gasteiger charge is 2.21. The van der Waals surface area contributed by atoms with Crippen LogP contribution < -0.4 is 21.7 Å². The fourth-order valence-electron chi connectivity index (χ4n) is 3.50. The number of thiazole rings is 1. The topological polar surface area (TPSA) is 127 Å². The number of aromatic nitrogens is 2. The fraction of sp³-hybridized carbons (Fsp3) is 0.238. The molecule has 2 amide bonds. The van der Waals surface area contributed by atoms with Crippen molar-refractivity contribution in [3.8, 4) is 10.6 Å². The largest absolute Gasteiger partial charge is 0.389 e. The van der Waals surface area contributed by atoms with E-state index in [0.29, 0.717) is 26.8 Å². The molecular formula is C21H22N6O2S. The molecule has 8 nitrogen and oxygen atoms in total. The van der Waals surface area contributed by atoms with E-state index in [1.807, 2.05) is 6.07 Å². The van der Waals surface area contributed by atoms with Crippen molar-refractivity contribution in [3.05, 3.63) is 54.0 Å². The number of hydrogen-bond donors (Lipinski definition) is 3. The van der Waals surface area contributed by atoms with Crippen LogP contribution >= 0.6 is 11.3 Å². The zero-order chi connectivity index (χ0) is 21.1. The summed E-state index contributed by atoms with van der Waals surface area (Å²) in [6, 6.07) is 8.68. The minimum atomic E-state index is -0.527. The second-order valence-electron chi connectivity index (χ2n) is 7.07. The zero-order valence-corrected chi connectivity index (χ0v) is 17.1. The number of hydrogen-bond acceptors (Lipinski definition) is 7. The molecule has 0 radical (unpaired) electrons. The van der Waals surface area contributed by atoms with Crippen LogP contribution in [0.25, 0.3) is 10.6 Å². The minimum absolute atomic E-state index is 0.146. The molecule has 0 bridgehead atoms. The zero-order valence-electron chi connectivity index (χ0n) is 16.3. The van der Waals surface area contributed by atoms with Crippen molar-refractivity contribution in [2.75, 3.05) is 29.0 Å². The quantitative estimate of drug-likeness (QED) is 0.580. The number of amides is 2. The summed E-state index contributed by atoms with van der Waals surface area (Å²) in [6.45, 7) is 1.90. The van der Waals surface area contributed by atoms with Gasteiger partial charge in [0.2, 0.25) is 5.91 Å². The number of anilines is 3. The van der Waals surface area contributed by atoms with E-state index in [4.69, 9.17) is 11.5 Å². The van der Waals surface area contributed by atoms with Gasteiger partial charge in [0.05, 0.1) is 17.6 Å². The summed E-state index contributed by atoms with van der Waals surface area (Å²) in [5.41, 5.74) is 14.2. The number of nitrogens with two attached hydrogens (primary N) is 2.